The van der Waals surface area contributed by atoms with Crippen LogP contribution >= 0.6 is 0 Å². The molecule has 1 rings (SSSR count). The van der Waals surface area contributed by atoms with E-state index in [9.17, 15) is 0 Å². The standard InChI is InChI=1S/C13H18/c1-3-4-5-6-10-13-11-8-7-9-12(13)2/h3,5-9,13H,1,4,10-11H2,2H3/b6-5-. The molecule has 1 unspecified atom stereocenters. The predicted octanol–water partition coefficient (Wildman–Crippen LogP) is 4.03. The van der Waals surface area contributed by atoms with Crippen LogP contribution in [0.25, 0.3) is 0 Å². The van der Waals surface area contributed by atoms with Crippen LogP contribution in [0.2, 0.25) is 0 Å². The molecule has 0 bridgehead atoms. The Kier molecular flexibility index (Phi) is 4.31. The molecule has 0 N–H and O–H groups in total. The van der Waals surface area contributed by atoms with E-state index in [0.29, 0.717) is 0 Å². The van der Waals surface area contributed by atoms with Crippen LogP contribution < -0.4 is 0 Å². The molecule has 0 saturated heterocycles. The van der Waals surface area contributed by atoms with Crippen molar-refractivity contribution in [2.24, 2.45) is 5.92 Å². The van der Waals surface area contributed by atoms with Crippen molar-refractivity contribution in [2.45, 2.75) is 26.2 Å². The maximum atomic E-state index is 3.69. The van der Waals surface area contributed by atoms with Crippen LogP contribution in [0.15, 0.2) is 48.6 Å². The molecule has 13 heavy (non-hydrogen) atoms. The molecule has 0 aromatic rings. The first-order valence-corrected chi connectivity index (χ1v) is 4.94. The van der Waals surface area contributed by atoms with Gasteiger partial charge in [0.05, 0.1) is 0 Å². The van der Waals surface area contributed by atoms with Crippen LogP contribution in [0.5, 0.6) is 0 Å². The van der Waals surface area contributed by atoms with Crippen molar-refractivity contribution in [1.29, 1.82) is 0 Å². The highest BCUT2D eigenvalue weighted by atomic mass is 14.1. The lowest BCUT2D eigenvalue weighted by molar-refractivity contribution is 0.626. The molecule has 0 heterocycles. The molecule has 1 aliphatic rings. The van der Waals surface area contributed by atoms with Gasteiger partial charge in [0.1, 0.15) is 0 Å². The van der Waals surface area contributed by atoms with Crippen molar-refractivity contribution in [3.05, 3.63) is 48.6 Å². The van der Waals surface area contributed by atoms with Gasteiger partial charge in [0.2, 0.25) is 0 Å². The van der Waals surface area contributed by atoms with Gasteiger partial charge in [-0.1, -0.05) is 42.0 Å². The fraction of sp³-hybridized carbons (Fsp3) is 0.385. The third-order valence-corrected chi connectivity index (χ3v) is 2.45. The maximum absolute atomic E-state index is 3.69. The highest BCUT2D eigenvalue weighted by Crippen LogP contribution is 2.23. The second-order valence-corrected chi connectivity index (χ2v) is 3.50. The summed E-state index contributed by atoms with van der Waals surface area (Å²) in [5.74, 6) is 0.728. The topological polar surface area (TPSA) is 0 Å². The van der Waals surface area contributed by atoms with Gasteiger partial charge in [0, 0.05) is 0 Å². The molecule has 0 saturated carbocycles. The maximum Gasteiger partial charge on any atom is -0.0134 e. The highest BCUT2D eigenvalue weighted by Gasteiger charge is 2.08. The van der Waals surface area contributed by atoms with E-state index in [4.69, 9.17) is 0 Å². The number of allylic oxidation sites excluding steroid dienone is 7. The molecule has 1 atom stereocenters. The first-order chi connectivity index (χ1) is 6.34. The molecule has 0 amide bonds. The normalized spacial score (nSPS) is 21.9. The molecule has 0 radical (unpaired) electrons. The Hall–Kier alpha value is -1.04. The van der Waals surface area contributed by atoms with Crippen molar-refractivity contribution in [3.8, 4) is 0 Å². The summed E-state index contributed by atoms with van der Waals surface area (Å²) in [4.78, 5) is 0. The van der Waals surface area contributed by atoms with E-state index in [0.717, 1.165) is 12.3 Å². The Morgan fingerprint density at radius 1 is 1.54 bits per heavy atom. The van der Waals surface area contributed by atoms with Gasteiger partial charge in [0.25, 0.3) is 0 Å². The second kappa shape index (κ2) is 5.58. The number of hydrogen-bond donors (Lipinski definition) is 0. The first-order valence-electron chi connectivity index (χ1n) is 4.94. The van der Waals surface area contributed by atoms with E-state index in [1.54, 1.807) is 0 Å². The Balaban J connectivity index is 2.33. The van der Waals surface area contributed by atoms with Gasteiger partial charge in [-0.25, -0.2) is 0 Å². The third-order valence-electron chi connectivity index (χ3n) is 2.45. The third kappa shape index (κ3) is 3.45. The van der Waals surface area contributed by atoms with Crippen LogP contribution in [-0.4, -0.2) is 0 Å². The SMILES string of the molecule is C=CC/C=C\CC1CC=CC=C1C. The minimum Gasteiger partial charge on any atom is -0.103 e. The summed E-state index contributed by atoms with van der Waals surface area (Å²) in [6.07, 6.45) is 16.4. The minimum atomic E-state index is 0.728. The Morgan fingerprint density at radius 2 is 2.38 bits per heavy atom. The van der Waals surface area contributed by atoms with Crippen molar-refractivity contribution < 1.29 is 0 Å². The lowest BCUT2D eigenvalue weighted by Gasteiger charge is -2.16. The Labute approximate surface area is 81.4 Å². The summed E-state index contributed by atoms with van der Waals surface area (Å²) in [6, 6.07) is 0. The van der Waals surface area contributed by atoms with Gasteiger partial charge in [-0.15, -0.1) is 6.58 Å². The van der Waals surface area contributed by atoms with Gasteiger partial charge in [-0.3, -0.25) is 0 Å². The average Bonchev–Trinajstić information content (AvgIpc) is 2.15. The number of hydrogen-bond acceptors (Lipinski definition) is 0. The Bertz CT molecular complexity index is 241. The second-order valence-electron chi connectivity index (χ2n) is 3.50. The molecule has 0 aliphatic heterocycles. The molecule has 0 spiro atoms. The van der Waals surface area contributed by atoms with E-state index < -0.39 is 0 Å². The van der Waals surface area contributed by atoms with E-state index in [1.807, 2.05) is 6.08 Å². The zero-order valence-electron chi connectivity index (χ0n) is 8.37. The average molecular weight is 174 g/mol. The van der Waals surface area contributed by atoms with Crippen LogP contribution in [0.4, 0.5) is 0 Å². The molecule has 0 nitrogen and oxygen atoms in total. The van der Waals surface area contributed by atoms with Gasteiger partial charge in [-0.05, 0) is 32.1 Å². The zero-order chi connectivity index (χ0) is 9.52. The van der Waals surface area contributed by atoms with Crippen LogP contribution in [0, 0.1) is 5.92 Å². The molecule has 0 aromatic carbocycles. The summed E-state index contributed by atoms with van der Waals surface area (Å²) in [5.41, 5.74) is 1.51. The zero-order valence-corrected chi connectivity index (χ0v) is 8.37. The van der Waals surface area contributed by atoms with Gasteiger partial charge >= 0.3 is 0 Å². The molecule has 0 aromatic heterocycles. The lowest BCUT2D eigenvalue weighted by Crippen LogP contribution is -2.01. The van der Waals surface area contributed by atoms with E-state index >= 15 is 0 Å². The van der Waals surface area contributed by atoms with Crippen molar-refractivity contribution in [3.63, 3.8) is 0 Å². The monoisotopic (exact) mass is 174 g/mol. The fourth-order valence-electron chi connectivity index (χ4n) is 1.52. The molecule has 0 fully saturated rings. The highest BCUT2D eigenvalue weighted by molar-refractivity contribution is 5.19. The smallest absolute Gasteiger partial charge is 0.0134 e. The quantitative estimate of drug-likeness (QED) is 0.564. The van der Waals surface area contributed by atoms with Gasteiger partial charge < -0.3 is 0 Å². The largest absolute Gasteiger partial charge is 0.103 e. The van der Waals surface area contributed by atoms with Crippen molar-refractivity contribution in [1.82, 2.24) is 0 Å². The molecule has 1 aliphatic carbocycles. The molecular formula is C13H18. The Morgan fingerprint density at radius 3 is 3.08 bits per heavy atom. The summed E-state index contributed by atoms with van der Waals surface area (Å²) in [6.45, 7) is 5.90. The van der Waals surface area contributed by atoms with E-state index in [-0.39, 0.29) is 0 Å². The van der Waals surface area contributed by atoms with Gasteiger partial charge in [-0.2, -0.15) is 0 Å². The summed E-state index contributed by atoms with van der Waals surface area (Å²) in [7, 11) is 0. The molecule has 70 valence electrons. The predicted molar refractivity (Wildman–Crippen MR) is 59.6 cm³/mol. The summed E-state index contributed by atoms with van der Waals surface area (Å²) >= 11 is 0. The van der Waals surface area contributed by atoms with Gasteiger partial charge in [0.15, 0.2) is 0 Å². The fourth-order valence-corrected chi connectivity index (χ4v) is 1.52. The van der Waals surface area contributed by atoms with Crippen LogP contribution in [0.3, 0.4) is 0 Å². The molecule has 0 heteroatoms. The first kappa shape index (κ1) is 10.0. The number of rotatable bonds is 4. The van der Waals surface area contributed by atoms with Crippen LogP contribution in [-0.2, 0) is 0 Å². The van der Waals surface area contributed by atoms with E-state index in [2.05, 4.69) is 43.9 Å². The van der Waals surface area contributed by atoms with Crippen molar-refractivity contribution in [2.75, 3.05) is 0 Å². The lowest BCUT2D eigenvalue weighted by atomic mass is 9.90. The van der Waals surface area contributed by atoms with E-state index in [1.165, 1.54) is 18.4 Å². The summed E-state index contributed by atoms with van der Waals surface area (Å²) in [5, 5.41) is 0. The van der Waals surface area contributed by atoms with Crippen molar-refractivity contribution >= 4 is 0 Å². The van der Waals surface area contributed by atoms with Crippen LogP contribution in [0.1, 0.15) is 26.2 Å². The minimum absolute atomic E-state index is 0.728. The summed E-state index contributed by atoms with van der Waals surface area (Å²) < 4.78 is 0. The molecular weight excluding hydrogens is 156 g/mol.